The highest BCUT2D eigenvalue weighted by molar-refractivity contribution is 6.07. The molecule has 1 saturated carbocycles. The van der Waals surface area contributed by atoms with Crippen LogP contribution in [0, 0.1) is 12.8 Å². The highest BCUT2D eigenvalue weighted by atomic mass is 16.2. The average molecular weight is 549 g/mol. The third-order valence-corrected chi connectivity index (χ3v) is 8.32. The smallest absolute Gasteiger partial charge is 0.250 e. The van der Waals surface area contributed by atoms with E-state index in [-0.39, 0.29) is 30.3 Å². The van der Waals surface area contributed by atoms with Crippen molar-refractivity contribution >= 4 is 40.2 Å². The van der Waals surface area contributed by atoms with Crippen molar-refractivity contribution in [3.8, 4) is 11.3 Å². The number of carbonyl (C=O) groups is 3. The Bertz CT molecular complexity index is 1860. The average Bonchev–Trinajstić information content (AvgIpc) is 3.75. The number of carbonyl (C=O) groups excluding carboxylic acids is 3. The zero-order valence-electron chi connectivity index (χ0n) is 22.4. The quantitative estimate of drug-likeness (QED) is 0.334. The van der Waals surface area contributed by atoms with E-state index in [9.17, 15) is 14.4 Å². The molecule has 5 aromatic rings. The molecule has 0 radical (unpaired) electrons. The number of fused-ring (bicyclic) bond motifs is 4. The maximum Gasteiger partial charge on any atom is 0.250 e. The number of nitrogens with two attached hydrogens (primary N) is 1. The lowest BCUT2D eigenvalue weighted by atomic mass is 9.97. The number of primary amides is 1. The Hall–Kier alpha value is -5.06. The van der Waals surface area contributed by atoms with E-state index in [4.69, 9.17) is 5.73 Å². The summed E-state index contributed by atoms with van der Waals surface area (Å²) >= 11 is 0. The SMILES string of the molecule is Cc1cccc(NC(=O)[C@@H]2[C@H]3CC[C@H](C3)N2C(=O)Cn2cc(C(N)=O)c3cc(-c4cnc5ncccn45)ccc32)n1. The summed E-state index contributed by atoms with van der Waals surface area (Å²) in [6, 6.07) is 12.4. The van der Waals surface area contributed by atoms with Crippen LogP contribution in [0.25, 0.3) is 27.9 Å². The number of aromatic nitrogens is 5. The molecule has 1 aromatic carbocycles. The molecular weight excluding hydrogens is 520 g/mol. The van der Waals surface area contributed by atoms with E-state index < -0.39 is 11.9 Å². The molecule has 7 rings (SSSR count). The predicted octanol–water partition coefficient (Wildman–Crippen LogP) is 3.17. The van der Waals surface area contributed by atoms with Crippen LogP contribution in [-0.2, 0) is 16.1 Å². The number of hydrogen-bond acceptors (Lipinski definition) is 6. The summed E-state index contributed by atoms with van der Waals surface area (Å²) in [4.78, 5) is 54.4. The molecule has 0 spiro atoms. The van der Waals surface area contributed by atoms with Gasteiger partial charge in [-0.25, -0.2) is 15.0 Å². The van der Waals surface area contributed by atoms with E-state index in [0.29, 0.717) is 28.1 Å². The number of benzene rings is 1. The normalized spacial score (nSPS) is 19.7. The third kappa shape index (κ3) is 4.21. The van der Waals surface area contributed by atoms with Gasteiger partial charge in [0.15, 0.2) is 0 Å². The molecule has 1 aliphatic heterocycles. The van der Waals surface area contributed by atoms with Crippen LogP contribution in [0.3, 0.4) is 0 Å². The van der Waals surface area contributed by atoms with Crippen molar-refractivity contribution in [2.45, 2.75) is 44.8 Å². The first kappa shape index (κ1) is 24.9. The second kappa shape index (κ2) is 9.54. The summed E-state index contributed by atoms with van der Waals surface area (Å²) in [5.74, 6) is 0.188. The second-order valence-electron chi connectivity index (χ2n) is 10.8. The summed E-state index contributed by atoms with van der Waals surface area (Å²) in [6.45, 7) is 1.85. The van der Waals surface area contributed by atoms with Gasteiger partial charge < -0.3 is 20.5 Å². The van der Waals surface area contributed by atoms with E-state index in [1.165, 1.54) is 0 Å². The number of imidazole rings is 1. The number of pyridine rings is 1. The Morgan fingerprint density at radius 3 is 2.80 bits per heavy atom. The van der Waals surface area contributed by atoms with Gasteiger partial charge in [0.1, 0.15) is 18.4 Å². The van der Waals surface area contributed by atoms with Gasteiger partial charge in [-0.15, -0.1) is 0 Å². The molecular formula is C30H28N8O3. The lowest BCUT2D eigenvalue weighted by molar-refractivity contribution is -0.141. The van der Waals surface area contributed by atoms with Crippen molar-refractivity contribution in [3.05, 3.63) is 78.5 Å². The molecule has 2 bridgehead atoms. The molecule has 5 heterocycles. The monoisotopic (exact) mass is 548 g/mol. The molecule has 206 valence electrons. The summed E-state index contributed by atoms with van der Waals surface area (Å²) in [6.07, 6.45) is 9.50. The number of nitrogens with one attached hydrogen (secondary N) is 1. The minimum Gasteiger partial charge on any atom is -0.366 e. The van der Waals surface area contributed by atoms with Gasteiger partial charge in [0.25, 0.3) is 5.91 Å². The third-order valence-electron chi connectivity index (χ3n) is 8.32. The number of amides is 3. The van der Waals surface area contributed by atoms with Gasteiger partial charge >= 0.3 is 0 Å². The van der Waals surface area contributed by atoms with Gasteiger partial charge in [0.2, 0.25) is 17.6 Å². The maximum atomic E-state index is 13.8. The van der Waals surface area contributed by atoms with Crippen LogP contribution in [0.1, 0.15) is 35.3 Å². The highest BCUT2D eigenvalue weighted by Crippen LogP contribution is 2.43. The highest BCUT2D eigenvalue weighted by Gasteiger charge is 2.51. The fourth-order valence-corrected chi connectivity index (χ4v) is 6.55. The molecule has 3 N–H and O–H groups in total. The lowest BCUT2D eigenvalue weighted by Gasteiger charge is -2.34. The summed E-state index contributed by atoms with van der Waals surface area (Å²) < 4.78 is 3.62. The van der Waals surface area contributed by atoms with E-state index in [1.807, 2.05) is 53.9 Å². The number of piperidine rings is 1. The Labute approximate surface area is 235 Å². The van der Waals surface area contributed by atoms with Gasteiger partial charge in [0, 0.05) is 46.8 Å². The molecule has 11 nitrogen and oxygen atoms in total. The van der Waals surface area contributed by atoms with Crippen molar-refractivity contribution in [1.29, 1.82) is 0 Å². The Morgan fingerprint density at radius 1 is 1.10 bits per heavy atom. The van der Waals surface area contributed by atoms with Crippen molar-refractivity contribution in [1.82, 2.24) is 28.8 Å². The van der Waals surface area contributed by atoms with Crippen LogP contribution < -0.4 is 11.1 Å². The fourth-order valence-electron chi connectivity index (χ4n) is 6.55. The van der Waals surface area contributed by atoms with Crippen LogP contribution in [-0.4, -0.2) is 58.6 Å². The number of aryl methyl sites for hydroxylation is 1. The minimum absolute atomic E-state index is 0.0153. The Kier molecular flexibility index (Phi) is 5.81. The molecule has 3 atom stereocenters. The minimum atomic E-state index is -0.582. The molecule has 1 aliphatic carbocycles. The molecule has 2 aliphatic rings. The van der Waals surface area contributed by atoms with Gasteiger partial charge in [-0.3, -0.25) is 18.8 Å². The van der Waals surface area contributed by atoms with Gasteiger partial charge in [0.05, 0.1) is 17.5 Å². The zero-order valence-corrected chi connectivity index (χ0v) is 22.4. The van der Waals surface area contributed by atoms with Gasteiger partial charge in [-0.1, -0.05) is 12.1 Å². The zero-order chi connectivity index (χ0) is 28.2. The molecule has 11 heteroatoms. The van der Waals surface area contributed by atoms with Crippen LogP contribution >= 0.6 is 0 Å². The van der Waals surface area contributed by atoms with E-state index >= 15 is 0 Å². The lowest BCUT2D eigenvalue weighted by Crippen LogP contribution is -2.51. The molecule has 3 amide bonds. The van der Waals surface area contributed by atoms with Gasteiger partial charge in [-0.05, 0) is 62.4 Å². The van der Waals surface area contributed by atoms with Crippen molar-refractivity contribution < 1.29 is 14.4 Å². The number of anilines is 1. The van der Waals surface area contributed by atoms with Gasteiger partial charge in [-0.2, -0.15) is 0 Å². The first-order valence-electron chi connectivity index (χ1n) is 13.6. The van der Waals surface area contributed by atoms with Crippen LogP contribution in [0.2, 0.25) is 0 Å². The predicted molar refractivity (Wildman–Crippen MR) is 152 cm³/mol. The number of nitrogens with zero attached hydrogens (tertiary/aromatic N) is 6. The van der Waals surface area contributed by atoms with E-state index in [1.54, 1.807) is 34.1 Å². The molecule has 1 saturated heterocycles. The summed E-state index contributed by atoms with van der Waals surface area (Å²) in [7, 11) is 0. The summed E-state index contributed by atoms with van der Waals surface area (Å²) in [5.41, 5.74) is 9.25. The summed E-state index contributed by atoms with van der Waals surface area (Å²) in [5, 5.41) is 3.56. The maximum absolute atomic E-state index is 13.8. The molecule has 41 heavy (non-hydrogen) atoms. The largest absolute Gasteiger partial charge is 0.366 e. The molecule has 0 unspecified atom stereocenters. The first-order valence-corrected chi connectivity index (χ1v) is 13.6. The van der Waals surface area contributed by atoms with Crippen LogP contribution in [0.15, 0.2) is 67.3 Å². The first-order chi connectivity index (χ1) is 19.9. The molecule has 2 fully saturated rings. The standard InChI is InChI=1S/C30H28N8O3/c1-17-4-2-5-25(34-17)35-29(41)27-19-6-8-20(12-19)38(27)26(39)16-36-15-22(28(31)40)21-13-18(7-9-23(21)36)24-14-33-30-32-10-3-11-37(24)30/h2-5,7,9-11,13-15,19-20,27H,6,8,12,16H2,1H3,(H2,31,40)(H,34,35,41)/t19-,20+,27-/m0/s1. The Balaban J connectivity index is 1.19. The number of hydrogen-bond donors (Lipinski definition) is 2. The van der Waals surface area contributed by atoms with E-state index in [2.05, 4.69) is 20.3 Å². The molecule has 4 aromatic heterocycles. The second-order valence-corrected chi connectivity index (χ2v) is 10.8. The van der Waals surface area contributed by atoms with Crippen molar-refractivity contribution in [2.24, 2.45) is 11.7 Å². The van der Waals surface area contributed by atoms with Crippen LogP contribution in [0.5, 0.6) is 0 Å². The number of likely N-dealkylation sites (tertiary alicyclic amines) is 1. The fraction of sp³-hybridized carbons (Fsp3) is 0.267. The Morgan fingerprint density at radius 2 is 1.98 bits per heavy atom. The van der Waals surface area contributed by atoms with Crippen molar-refractivity contribution in [3.63, 3.8) is 0 Å². The topological polar surface area (TPSA) is 141 Å². The van der Waals surface area contributed by atoms with E-state index in [0.717, 1.165) is 36.2 Å². The number of rotatable bonds is 6. The van der Waals surface area contributed by atoms with Crippen LogP contribution in [0.4, 0.5) is 5.82 Å². The van der Waals surface area contributed by atoms with Crippen molar-refractivity contribution in [2.75, 3.05) is 5.32 Å².